The van der Waals surface area contributed by atoms with Crippen LogP contribution in [-0.4, -0.2) is 28.0 Å². The number of thiazole rings is 1. The molecule has 0 bridgehead atoms. The minimum Gasteiger partial charge on any atom is -0.480 e. The van der Waals surface area contributed by atoms with E-state index < -0.39 is 12.0 Å². The first-order valence-corrected chi connectivity index (χ1v) is 5.75. The van der Waals surface area contributed by atoms with Crippen molar-refractivity contribution in [1.82, 2.24) is 10.3 Å². The number of aliphatic carboxylic acids is 1. The fourth-order valence-corrected chi connectivity index (χ4v) is 2.13. The van der Waals surface area contributed by atoms with Crippen LogP contribution < -0.4 is 5.32 Å². The molecule has 1 heterocycles. The molecule has 0 aromatic carbocycles. The van der Waals surface area contributed by atoms with Gasteiger partial charge in [0.05, 0.1) is 10.7 Å². The van der Waals surface area contributed by atoms with Crippen LogP contribution in [0.1, 0.15) is 33.7 Å². The summed E-state index contributed by atoms with van der Waals surface area (Å²) in [6.07, 6.45) is 0.359. The van der Waals surface area contributed by atoms with Crippen LogP contribution in [0.4, 0.5) is 0 Å². The minimum atomic E-state index is -1.02. The third kappa shape index (κ3) is 2.79. The number of nitrogens with zero attached hydrogens (tertiary/aromatic N) is 1. The Morgan fingerprint density at radius 1 is 1.50 bits per heavy atom. The molecule has 1 rings (SSSR count). The lowest BCUT2D eigenvalue weighted by atomic mass is 10.2. The normalized spacial score (nSPS) is 12.2. The molecule has 16 heavy (non-hydrogen) atoms. The first-order valence-electron chi connectivity index (χ1n) is 4.93. The van der Waals surface area contributed by atoms with Gasteiger partial charge in [-0.15, -0.1) is 11.3 Å². The van der Waals surface area contributed by atoms with E-state index in [2.05, 4.69) is 10.3 Å². The van der Waals surface area contributed by atoms with E-state index in [0.717, 1.165) is 5.01 Å². The van der Waals surface area contributed by atoms with E-state index in [0.29, 0.717) is 17.0 Å². The van der Waals surface area contributed by atoms with Crippen LogP contribution in [-0.2, 0) is 4.79 Å². The van der Waals surface area contributed by atoms with E-state index in [1.807, 2.05) is 6.92 Å². The van der Waals surface area contributed by atoms with E-state index in [-0.39, 0.29) is 5.91 Å². The summed E-state index contributed by atoms with van der Waals surface area (Å²) in [4.78, 5) is 27.1. The maximum Gasteiger partial charge on any atom is 0.326 e. The number of hydrogen-bond donors (Lipinski definition) is 2. The van der Waals surface area contributed by atoms with Gasteiger partial charge in [0.2, 0.25) is 0 Å². The number of carbonyl (C=O) groups is 2. The number of carboxylic acid groups (broad SMARTS) is 1. The van der Waals surface area contributed by atoms with E-state index in [1.165, 1.54) is 11.3 Å². The van der Waals surface area contributed by atoms with Crippen LogP contribution in [0.5, 0.6) is 0 Å². The summed E-state index contributed by atoms with van der Waals surface area (Å²) in [6.45, 7) is 5.26. The molecule has 1 amide bonds. The molecule has 1 aromatic rings. The molecule has 0 saturated carbocycles. The molecule has 1 atom stereocenters. The fourth-order valence-electron chi connectivity index (χ4n) is 1.30. The maximum absolute atomic E-state index is 11.7. The van der Waals surface area contributed by atoms with Crippen LogP contribution in [0.25, 0.3) is 0 Å². The Hall–Kier alpha value is -1.43. The monoisotopic (exact) mass is 242 g/mol. The van der Waals surface area contributed by atoms with Crippen molar-refractivity contribution in [2.45, 2.75) is 33.2 Å². The molecule has 0 aliphatic heterocycles. The first kappa shape index (κ1) is 12.6. The molecular formula is C10H14N2O3S. The molecule has 0 fully saturated rings. The van der Waals surface area contributed by atoms with Crippen LogP contribution in [0.3, 0.4) is 0 Å². The molecule has 2 N–H and O–H groups in total. The van der Waals surface area contributed by atoms with Gasteiger partial charge < -0.3 is 10.4 Å². The van der Waals surface area contributed by atoms with Crippen LogP contribution in [0.2, 0.25) is 0 Å². The summed E-state index contributed by atoms with van der Waals surface area (Å²) in [5.41, 5.74) is 0.639. The highest BCUT2D eigenvalue weighted by Gasteiger charge is 2.21. The van der Waals surface area contributed by atoms with E-state index in [9.17, 15) is 9.59 Å². The molecule has 1 unspecified atom stereocenters. The number of carbonyl (C=O) groups excluding carboxylic acids is 1. The van der Waals surface area contributed by atoms with Crippen LogP contribution in [0, 0.1) is 13.8 Å². The number of nitrogens with one attached hydrogen (secondary N) is 1. The van der Waals surface area contributed by atoms with Crippen molar-refractivity contribution < 1.29 is 14.7 Å². The second kappa shape index (κ2) is 5.07. The Morgan fingerprint density at radius 3 is 2.50 bits per heavy atom. The van der Waals surface area contributed by atoms with Crippen molar-refractivity contribution in [2.24, 2.45) is 0 Å². The maximum atomic E-state index is 11.7. The second-order valence-corrected chi connectivity index (χ2v) is 4.62. The zero-order chi connectivity index (χ0) is 12.3. The fraction of sp³-hybridized carbons (Fsp3) is 0.500. The standard InChI is InChI=1S/C10H14N2O3S/c1-4-7(10(14)15)12-9(13)8-5(2)11-6(3)16-8/h7H,4H2,1-3H3,(H,12,13)(H,14,15). The van der Waals surface area contributed by atoms with Gasteiger partial charge in [0, 0.05) is 0 Å². The second-order valence-electron chi connectivity index (χ2n) is 3.42. The largest absolute Gasteiger partial charge is 0.480 e. The van der Waals surface area contributed by atoms with Crippen molar-refractivity contribution in [3.8, 4) is 0 Å². The number of rotatable bonds is 4. The summed E-state index contributed by atoms with van der Waals surface area (Å²) < 4.78 is 0. The third-order valence-corrected chi connectivity index (χ3v) is 3.19. The molecule has 0 radical (unpaired) electrons. The molecule has 6 heteroatoms. The molecule has 88 valence electrons. The summed E-state index contributed by atoms with van der Waals surface area (Å²) in [5.74, 6) is -1.38. The number of aromatic nitrogens is 1. The molecule has 0 aliphatic carbocycles. The van der Waals surface area contributed by atoms with E-state index in [1.54, 1.807) is 13.8 Å². The van der Waals surface area contributed by atoms with Gasteiger partial charge in [-0.25, -0.2) is 9.78 Å². The molecule has 0 spiro atoms. The summed E-state index contributed by atoms with van der Waals surface area (Å²) >= 11 is 1.27. The van der Waals surface area contributed by atoms with Gasteiger partial charge in [-0.2, -0.15) is 0 Å². The number of amides is 1. The van der Waals surface area contributed by atoms with Crippen molar-refractivity contribution in [3.05, 3.63) is 15.6 Å². The van der Waals surface area contributed by atoms with Gasteiger partial charge in [-0.3, -0.25) is 4.79 Å². The lowest BCUT2D eigenvalue weighted by Gasteiger charge is -2.11. The zero-order valence-electron chi connectivity index (χ0n) is 9.40. The third-order valence-electron chi connectivity index (χ3n) is 2.12. The van der Waals surface area contributed by atoms with Gasteiger partial charge in [-0.1, -0.05) is 6.92 Å². The zero-order valence-corrected chi connectivity index (χ0v) is 10.2. The minimum absolute atomic E-state index is 0.359. The highest BCUT2D eigenvalue weighted by Crippen LogP contribution is 2.17. The average Bonchev–Trinajstić information content (AvgIpc) is 2.53. The molecule has 0 aliphatic rings. The van der Waals surface area contributed by atoms with Crippen LogP contribution >= 0.6 is 11.3 Å². The van der Waals surface area contributed by atoms with Crippen LogP contribution in [0.15, 0.2) is 0 Å². The Labute approximate surface area is 97.5 Å². The Balaban J connectivity index is 2.79. The first-order chi connectivity index (χ1) is 7.45. The molecule has 1 aromatic heterocycles. The average molecular weight is 242 g/mol. The Bertz CT molecular complexity index is 414. The quantitative estimate of drug-likeness (QED) is 0.835. The smallest absolute Gasteiger partial charge is 0.326 e. The van der Waals surface area contributed by atoms with Gasteiger partial charge in [0.15, 0.2) is 0 Å². The Morgan fingerprint density at radius 2 is 2.12 bits per heavy atom. The SMILES string of the molecule is CCC(NC(=O)c1sc(C)nc1C)C(=O)O. The van der Waals surface area contributed by atoms with E-state index >= 15 is 0 Å². The van der Waals surface area contributed by atoms with Gasteiger partial charge >= 0.3 is 5.97 Å². The van der Waals surface area contributed by atoms with Gasteiger partial charge in [0.1, 0.15) is 10.9 Å². The van der Waals surface area contributed by atoms with Gasteiger partial charge in [-0.05, 0) is 20.3 Å². The number of aryl methyl sites for hydroxylation is 2. The topological polar surface area (TPSA) is 79.3 Å². The summed E-state index contributed by atoms with van der Waals surface area (Å²) in [6, 6.07) is -0.839. The van der Waals surface area contributed by atoms with Crippen molar-refractivity contribution in [2.75, 3.05) is 0 Å². The van der Waals surface area contributed by atoms with Gasteiger partial charge in [0.25, 0.3) is 5.91 Å². The van der Waals surface area contributed by atoms with Crippen molar-refractivity contribution >= 4 is 23.2 Å². The predicted octanol–water partition coefficient (Wildman–Crippen LogP) is 1.35. The highest BCUT2D eigenvalue weighted by atomic mass is 32.1. The van der Waals surface area contributed by atoms with E-state index in [4.69, 9.17) is 5.11 Å². The lowest BCUT2D eigenvalue weighted by Crippen LogP contribution is -2.40. The van der Waals surface area contributed by atoms with Crippen molar-refractivity contribution in [3.63, 3.8) is 0 Å². The Kier molecular flexibility index (Phi) is 4.00. The molecule has 5 nitrogen and oxygen atoms in total. The summed E-state index contributed by atoms with van der Waals surface area (Å²) in [7, 11) is 0. The predicted molar refractivity (Wildman–Crippen MR) is 60.8 cm³/mol. The highest BCUT2D eigenvalue weighted by molar-refractivity contribution is 7.13. The molecule has 0 saturated heterocycles. The number of carboxylic acids is 1. The van der Waals surface area contributed by atoms with Crippen molar-refractivity contribution in [1.29, 1.82) is 0 Å². The molecular weight excluding hydrogens is 228 g/mol. The lowest BCUT2D eigenvalue weighted by molar-refractivity contribution is -0.139. The number of hydrogen-bond acceptors (Lipinski definition) is 4. The summed E-state index contributed by atoms with van der Waals surface area (Å²) in [5, 5.41) is 12.1.